The van der Waals surface area contributed by atoms with Gasteiger partial charge in [-0.3, -0.25) is 9.69 Å². The fourth-order valence-corrected chi connectivity index (χ4v) is 6.68. The van der Waals surface area contributed by atoms with Crippen LogP contribution in [0, 0.1) is 13.8 Å². The van der Waals surface area contributed by atoms with Crippen LogP contribution in [-0.2, 0) is 16.8 Å². The van der Waals surface area contributed by atoms with Crippen molar-refractivity contribution >= 4 is 31.8 Å². The standard InChI is InChI=1S/C18H27N5O3S2/c1-13-14(2)27-18-16(13)17(24)19-15(20-18)12-21-8-10-23(11-9-21)28(25,26)22-6-4-3-5-7-22/h3-12H2,1-2H3,(H,19,20,24). The number of nitrogens with zero attached hydrogens (tertiary/aromatic N) is 4. The van der Waals surface area contributed by atoms with E-state index in [1.165, 1.54) is 0 Å². The SMILES string of the molecule is Cc1sc2nc(CN3CCN(S(=O)(=O)N4CCCCC4)CC3)[nH]c(=O)c2c1C. The van der Waals surface area contributed by atoms with E-state index < -0.39 is 10.2 Å². The van der Waals surface area contributed by atoms with E-state index in [1.54, 1.807) is 19.9 Å². The van der Waals surface area contributed by atoms with Gasteiger partial charge in [0.05, 0.1) is 11.9 Å². The lowest BCUT2D eigenvalue weighted by molar-refractivity contribution is 0.170. The number of thiophene rings is 1. The second-order valence-electron chi connectivity index (χ2n) is 7.62. The second kappa shape index (κ2) is 7.83. The van der Waals surface area contributed by atoms with Gasteiger partial charge in [0.25, 0.3) is 15.8 Å². The van der Waals surface area contributed by atoms with Crippen LogP contribution in [0.1, 0.15) is 35.5 Å². The molecule has 0 unspecified atom stereocenters. The lowest BCUT2D eigenvalue weighted by Crippen LogP contribution is -2.53. The van der Waals surface area contributed by atoms with Gasteiger partial charge in [0.1, 0.15) is 10.7 Å². The second-order valence-corrected chi connectivity index (χ2v) is 10.8. The van der Waals surface area contributed by atoms with Crippen molar-refractivity contribution in [3.8, 4) is 0 Å². The Morgan fingerprint density at radius 2 is 1.64 bits per heavy atom. The monoisotopic (exact) mass is 425 g/mol. The number of fused-ring (bicyclic) bond motifs is 1. The number of aromatic nitrogens is 2. The summed E-state index contributed by atoms with van der Waals surface area (Å²) in [6, 6.07) is 0. The first-order chi connectivity index (χ1) is 13.4. The molecule has 0 aromatic carbocycles. The van der Waals surface area contributed by atoms with Gasteiger partial charge >= 0.3 is 0 Å². The zero-order chi connectivity index (χ0) is 19.9. The molecule has 8 nitrogen and oxygen atoms in total. The summed E-state index contributed by atoms with van der Waals surface area (Å²) < 4.78 is 28.8. The number of H-pyrrole nitrogens is 1. The highest BCUT2D eigenvalue weighted by molar-refractivity contribution is 7.86. The van der Waals surface area contributed by atoms with E-state index in [0.717, 1.165) is 34.5 Å². The van der Waals surface area contributed by atoms with Crippen molar-refractivity contribution in [1.29, 1.82) is 0 Å². The molecule has 2 fully saturated rings. The molecule has 2 aromatic rings. The lowest BCUT2D eigenvalue weighted by Gasteiger charge is -2.37. The van der Waals surface area contributed by atoms with E-state index >= 15 is 0 Å². The van der Waals surface area contributed by atoms with Gasteiger partial charge in [-0.05, 0) is 32.3 Å². The molecule has 0 amide bonds. The van der Waals surface area contributed by atoms with Crippen molar-refractivity contribution in [2.24, 2.45) is 0 Å². The molecule has 0 aliphatic carbocycles. The summed E-state index contributed by atoms with van der Waals surface area (Å²) in [5.74, 6) is 0.645. The summed E-state index contributed by atoms with van der Waals surface area (Å²) in [6.07, 6.45) is 3.00. The van der Waals surface area contributed by atoms with Gasteiger partial charge in [0, 0.05) is 44.1 Å². The van der Waals surface area contributed by atoms with Crippen molar-refractivity contribution in [2.45, 2.75) is 39.7 Å². The maximum atomic E-state index is 12.8. The van der Waals surface area contributed by atoms with Gasteiger partial charge in [-0.15, -0.1) is 11.3 Å². The predicted molar refractivity (Wildman–Crippen MR) is 111 cm³/mol. The highest BCUT2D eigenvalue weighted by atomic mass is 32.2. The molecule has 4 heterocycles. The van der Waals surface area contributed by atoms with Gasteiger partial charge < -0.3 is 4.98 Å². The van der Waals surface area contributed by atoms with E-state index in [9.17, 15) is 13.2 Å². The lowest BCUT2D eigenvalue weighted by atomic mass is 10.2. The minimum absolute atomic E-state index is 0.0897. The minimum atomic E-state index is -3.35. The number of aryl methyl sites for hydroxylation is 2. The molecular formula is C18H27N5O3S2. The van der Waals surface area contributed by atoms with Gasteiger partial charge in [0.2, 0.25) is 0 Å². The normalized spacial score (nSPS) is 20.8. The molecule has 28 heavy (non-hydrogen) atoms. The van der Waals surface area contributed by atoms with Crippen LogP contribution in [-0.4, -0.2) is 71.2 Å². The number of nitrogens with one attached hydrogen (secondary N) is 1. The van der Waals surface area contributed by atoms with Crippen LogP contribution >= 0.6 is 11.3 Å². The average molecular weight is 426 g/mol. The van der Waals surface area contributed by atoms with Crippen molar-refractivity contribution in [2.75, 3.05) is 39.3 Å². The molecule has 154 valence electrons. The van der Waals surface area contributed by atoms with Crippen molar-refractivity contribution in [3.05, 3.63) is 26.6 Å². The summed E-state index contributed by atoms with van der Waals surface area (Å²) in [7, 11) is -3.35. The quantitative estimate of drug-likeness (QED) is 0.801. The van der Waals surface area contributed by atoms with Crippen LogP contribution in [0.4, 0.5) is 0 Å². The van der Waals surface area contributed by atoms with Gasteiger partial charge in [-0.2, -0.15) is 17.0 Å². The van der Waals surface area contributed by atoms with Crippen LogP contribution in [0.2, 0.25) is 0 Å². The summed E-state index contributed by atoms with van der Waals surface area (Å²) >= 11 is 1.55. The fourth-order valence-electron chi connectivity index (χ4n) is 3.96. The summed E-state index contributed by atoms with van der Waals surface area (Å²) in [5, 5.41) is 0.684. The third kappa shape index (κ3) is 3.76. The van der Waals surface area contributed by atoms with E-state index in [2.05, 4.69) is 14.9 Å². The first kappa shape index (κ1) is 20.0. The maximum absolute atomic E-state index is 12.8. The molecule has 0 atom stereocenters. The zero-order valence-corrected chi connectivity index (χ0v) is 18.0. The fraction of sp³-hybridized carbons (Fsp3) is 0.667. The summed E-state index contributed by atoms with van der Waals surface area (Å²) in [4.78, 5) is 24.0. The smallest absolute Gasteiger partial charge is 0.282 e. The van der Waals surface area contributed by atoms with Crippen LogP contribution in [0.5, 0.6) is 0 Å². The van der Waals surface area contributed by atoms with E-state index in [-0.39, 0.29) is 5.56 Å². The zero-order valence-electron chi connectivity index (χ0n) is 16.4. The van der Waals surface area contributed by atoms with Crippen molar-refractivity contribution in [3.63, 3.8) is 0 Å². The summed E-state index contributed by atoms with van der Waals surface area (Å²) in [6.45, 7) is 7.97. The van der Waals surface area contributed by atoms with Gasteiger partial charge in [0.15, 0.2) is 0 Å². The number of piperidine rings is 1. The molecule has 0 bridgehead atoms. The first-order valence-corrected chi connectivity index (χ1v) is 12.0. The number of piperazine rings is 1. The van der Waals surface area contributed by atoms with E-state index in [1.807, 2.05) is 13.8 Å². The highest BCUT2D eigenvalue weighted by Gasteiger charge is 2.33. The first-order valence-electron chi connectivity index (χ1n) is 9.83. The Bertz CT molecular complexity index is 1020. The van der Waals surface area contributed by atoms with Crippen LogP contribution in [0.25, 0.3) is 10.2 Å². The molecule has 2 aliphatic rings. The van der Waals surface area contributed by atoms with Gasteiger partial charge in [-0.1, -0.05) is 6.42 Å². The largest absolute Gasteiger partial charge is 0.309 e. The molecule has 0 saturated carbocycles. The van der Waals surface area contributed by atoms with E-state index in [0.29, 0.717) is 57.0 Å². The molecule has 0 radical (unpaired) electrons. The number of aromatic amines is 1. The highest BCUT2D eigenvalue weighted by Crippen LogP contribution is 2.26. The third-order valence-electron chi connectivity index (χ3n) is 5.76. The van der Waals surface area contributed by atoms with Crippen LogP contribution in [0.3, 0.4) is 0 Å². The topological polar surface area (TPSA) is 89.6 Å². The Morgan fingerprint density at radius 1 is 1.00 bits per heavy atom. The number of rotatable bonds is 4. The molecule has 1 N–H and O–H groups in total. The Balaban J connectivity index is 1.42. The third-order valence-corrected chi connectivity index (χ3v) is 8.90. The summed E-state index contributed by atoms with van der Waals surface area (Å²) in [5.41, 5.74) is 0.907. The van der Waals surface area contributed by atoms with Crippen LogP contribution in [0.15, 0.2) is 4.79 Å². The predicted octanol–water partition coefficient (Wildman–Crippen LogP) is 1.45. The Morgan fingerprint density at radius 3 is 2.32 bits per heavy atom. The maximum Gasteiger partial charge on any atom is 0.282 e. The molecule has 2 saturated heterocycles. The molecule has 10 heteroatoms. The van der Waals surface area contributed by atoms with Crippen molar-refractivity contribution in [1.82, 2.24) is 23.5 Å². The van der Waals surface area contributed by atoms with Gasteiger partial charge in [-0.25, -0.2) is 4.98 Å². The molecule has 4 rings (SSSR count). The molecule has 2 aliphatic heterocycles. The Labute approximate surface area is 169 Å². The number of hydrogen-bond donors (Lipinski definition) is 1. The Hall–Kier alpha value is -1.33. The average Bonchev–Trinajstić information content (AvgIpc) is 2.97. The Kier molecular flexibility index (Phi) is 5.58. The van der Waals surface area contributed by atoms with Crippen molar-refractivity contribution < 1.29 is 8.42 Å². The molecule has 2 aromatic heterocycles. The number of hydrogen-bond acceptors (Lipinski definition) is 6. The molecular weight excluding hydrogens is 398 g/mol. The van der Waals surface area contributed by atoms with E-state index in [4.69, 9.17) is 0 Å². The minimum Gasteiger partial charge on any atom is -0.309 e. The van der Waals surface area contributed by atoms with Crippen LogP contribution < -0.4 is 5.56 Å². The molecule has 0 spiro atoms.